The van der Waals surface area contributed by atoms with E-state index < -0.39 is 0 Å². The van der Waals surface area contributed by atoms with Gasteiger partial charge in [-0.15, -0.1) is 0 Å². The molecule has 0 aliphatic carbocycles. The Morgan fingerprint density at radius 3 is 2.89 bits per heavy atom. The summed E-state index contributed by atoms with van der Waals surface area (Å²) in [6.45, 7) is 5.89. The molecular formula is C13H19N3OS. The number of hydrogen-bond donors (Lipinski definition) is 1. The highest BCUT2D eigenvalue weighted by molar-refractivity contribution is 7.99. The maximum Gasteiger partial charge on any atom is 0.251 e. The number of H-pyrrole nitrogens is 1. The second kappa shape index (κ2) is 6.60. The monoisotopic (exact) mass is 265 g/mol. The van der Waals surface area contributed by atoms with Crippen LogP contribution < -0.4 is 5.56 Å². The molecule has 0 unspecified atom stereocenters. The fraction of sp³-hybridized carbons (Fsp3) is 0.615. The number of nitrogens with zero attached hydrogens (tertiary/aromatic N) is 2. The predicted molar refractivity (Wildman–Crippen MR) is 73.6 cm³/mol. The first-order valence-electron chi connectivity index (χ1n) is 6.11. The van der Waals surface area contributed by atoms with Crippen molar-refractivity contribution in [2.24, 2.45) is 5.41 Å². The summed E-state index contributed by atoms with van der Waals surface area (Å²) in [5, 5.41) is 9.57. The molecule has 0 fully saturated rings. The summed E-state index contributed by atoms with van der Waals surface area (Å²) >= 11 is 1.50. The minimum absolute atomic E-state index is 0.101. The van der Waals surface area contributed by atoms with Gasteiger partial charge in [-0.25, -0.2) is 4.98 Å². The van der Waals surface area contributed by atoms with E-state index in [1.807, 2.05) is 13.8 Å². The molecule has 0 saturated heterocycles. The molecule has 0 saturated carbocycles. The van der Waals surface area contributed by atoms with Crippen LogP contribution in [-0.4, -0.2) is 15.7 Å². The summed E-state index contributed by atoms with van der Waals surface area (Å²) in [5.74, 6) is 0.777. The number of nitrogens with one attached hydrogen (secondary N) is 1. The molecule has 1 rings (SSSR count). The molecule has 0 spiro atoms. The molecular weight excluding hydrogens is 246 g/mol. The van der Waals surface area contributed by atoms with Gasteiger partial charge in [-0.05, 0) is 26.7 Å². The van der Waals surface area contributed by atoms with Crippen LogP contribution in [0.15, 0.2) is 16.0 Å². The van der Waals surface area contributed by atoms with Crippen LogP contribution >= 0.6 is 11.8 Å². The second-order valence-electron chi connectivity index (χ2n) is 4.89. The van der Waals surface area contributed by atoms with Crippen LogP contribution in [0.3, 0.4) is 0 Å². The van der Waals surface area contributed by atoms with Gasteiger partial charge in [0.05, 0.1) is 11.5 Å². The Bertz CT molecular complexity index is 488. The Morgan fingerprint density at radius 1 is 1.56 bits per heavy atom. The van der Waals surface area contributed by atoms with Gasteiger partial charge in [-0.2, -0.15) is 5.26 Å². The zero-order chi connectivity index (χ0) is 13.6. The molecule has 0 atom stereocenters. The summed E-state index contributed by atoms with van der Waals surface area (Å²) < 4.78 is 0. The van der Waals surface area contributed by atoms with Crippen LogP contribution in [0.25, 0.3) is 0 Å². The molecule has 98 valence electrons. The third kappa shape index (κ3) is 4.92. The molecule has 18 heavy (non-hydrogen) atoms. The highest BCUT2D eigenvalue weighted by Gasteiger charge is 2.16. The molecule has 1 aromatic rings. The number of hydrogen-bond acceptors (Lipinski definition) is 4. The van der Waals surface area contributed by atoms with Crippen molar-refractivity contribution in [3.05, 3.63) is 22.1 Å². The largest absolute Gasteiger partial charge is 0.301 e. The Hall–Kier alpha value is -1.28. The summed E-state index contributed by atoms with van der Waals surface area (Å²) in [6, 6.07) is 3.81. The predicted octanol–water partition coefficient (Wildman–Crippen LogP) is 2.75. The van der Waals surface area contributed by atoms with Gasteiger partial charge >= 0.3 is 0 Å². The van der Waals surface area contributed by atoms with Crippen molar-refractivity contribution in [2.75, 3.05) is 5.75 Å². The van der Waals surface area contributed by atoms with Crippen molar-refractivity contribution in [1.29, 1.82) is 5.26 Å². The maximum absolute atomic E-state index is 11.4. The van der Waals surface area contributed by atoms with Crippen LogP contribution in [0.5, 0.6) is 0 Å². The lowest BCUT2D eigenvalue weighted by atomic mass is 9.93. The lowest BCUT2D eigenvalue weighted by Crippen LogP contribution is -2.12. The maximum atomic E-state index is 11.4. The van der Waals surface area contributed by atoms with Crippen molar-refractivity contribution in [2.45, 2.75) is 45.2 Å². The first-order chi connectivity index (χ1) is 8.46. The van der Waals surface area contributed by atoms with Crippen molar-refractivity contribution in [1.82, 2.24) is 9.97 Å². The van der Waals surface area contributed by atoms with Gasteiger partial charge in [0, 0.05) is 17.5 Å². The van der Waals surface area contributed by atoms with E-state index >= 15 is 0 Å². The fourth-order valence-electron chi connectivity index (χ4n) is 1.39. The SMILES string of the molecule is CCCc1cc(=O)[nH]c(SCCC(C)(C)C#N)n1. The highest BCUT2D eigenvalue weighted by atomic mass is 32.2. The molecule has 0 aliphatic rings. The first kappa shape index (κ1) is 14.8. The topological polar surface area (TPSA) is 69.5 Å². The van der Waals surface area contributed by atoms with E-state index in [1.165, 1.54) is 11.8 Å². The number of aromatic amines is 1. The molecule has 1 N–H and O–H groups in total. The zero-order valence-electron chi connectivity index (χ0n) is 11.1. The molecule has 5 heteroatoms. The van der Waals surface area contributed by atoms with E-state index in [-0.39, 0.29) is 11.0 Å². The van der Waals surface area contributed by atoms with E-state index in [0.717, 1.165) is 30.7 Å². The summed E-state index contributed by atoms with van der Waals surface area (Å²) in [4.78, 5) is 18.6. The Morgan fingerprint density at radius 2 is 2.28 bits per heavy atom. The van der Waals surface area contributed by atoms with Gasteiger partial charge in [0.25, 0.3) is 5.56 Å². The zero-order valence-corrected chi connectivity index (χ0v) is 11.9. The number of thioether (sulfide) groups is 1. The first-order valence-corrected chi connectivity index (χ1v) is 7.09. The van der Waals surface area contributed by atoms with Gasteiger partial charge < -0.3 is 4.98 Å². The molecule has 0 amide bonds. The van der Waals surface area contributed by atoms with Crippen molar-refractivity contribution in [3.63, 3.8) is 0 Å². The van der Waals surface area contributed by atoms with Crippen LogP contribution in [0.1, 0.15) is 39.3 Å². The lowest BCUT2D eigenvalue weighted by molar-refractivity contribution is 0.482. The van der Waals surface area contributed by atoms with E-state index in [1.54, 1.807) is 6.07 Å². The lowest BCUT2D eigenvalue weighted by Gasteiger charge is -2.13. The number of nitriles is 1. The molecule has 0 aromatic carbocycles. The van der Waals surface area contributed by atoms with E-state index in [9.17, 15) is 4.79 Å². The standard InChI is InChI=1S/C13H19N3OS/c1-4-5-10-8-11(17)16-12(15-10)18-7-6-13(2,3)9-14/h8H,4-7H2,1-3H3,(H,15,16,17). The number of aromatic nitrogens is 2. The molecule has 4 nitrogen and oxygen atoms in total. The summed E-state index contributed by atoms with van der Waals surface area (Å²) in [5.41, 5.74) is 0.410. The average Bonchev–Trinajstić information content (AvgIpc) is 2.28. The molecule has 0 bridgehead atoms. The van der Waals surface area contributed by atoms with Gasteiger partial charge in [0.2, 0.25) is 0 Å². The van der Waals surface area contributed by atoms with Crippen LogP contribution in [0.2, 0.25) is 0 Å². The van der Waals surface area contributed by atoms with Gasteiger partial charge in [-0.1, -0.05) is 25.1 Å². The third-order valence-corrected chi connectivity index (χ3v) is 3.42. The Balaban J connectivity index is 2.63. The second-order valence-corrected chi connectivity index (χ2v) is 5.97. The average molecular weight is 265 g/mol. The van der Waals surface area contributed by atoms with Gasteiger partial charge in [0.15, 0.2) is 5.16 Å². The third-order valence-electron chi connectivity index (χ3n) is 2.55. The van der Waals surface area contributed by atoms with E-state index in [0.29, 0.717) is 5.16 Å². The summed E-state index contributed by atoms with van der Waals surface area (Å²) in [7, 11) is 0. The quantitative estimate of drug-likeness (QED) is 0.634. The van der Waals surface area contributed by atoms with E-state index in [4.69, 9.17) is 5.26 Å². The Kier molecular flexibility index (Phi) is 5.42. The molecule has 0 radical (unpaired) electrons. The van der Waals surface area contributed by atoms with Crippen molar-refractivity contribution >= 4 is 11.8 Å². The minimum Gasteiger partial charge on any atom is -0.301 e. The van der Waals surface area contributed by atoms with Gasteiger partial charge in [0.1, 0.15) is 0 Å². The van der Waals surface area contributed by atoms with Crippen molar-refractivity contribution in [3.8, 4) is 6.07 Å². The normalized spacial score (nSPS) is 11.2. The Labute approximate surface area is 112 Å². The van der Waals surface area contributed by atoms with Crippen LogP contribution in [-0.2, 0) is 6.42 Å². The molecule has 1 heterocycles. The van der Waals surface area contributed by atoms with Crippen molar-refractivity contribution < 1.29 is 0 Å². The van der Waals surface area contributed by atoms with Gasteiger partial charge in [-0.3, -0.25) is 4.79 Å². The van der Waals surface area contributed by atoms with E-state index in [2.05, 4.69) is 23.0 Å². The minimum atomic E-state index is -0.325. The van der Waals surface area contributed by atoms with Crippen LogP contribution in [0, 0.1) is 16.7 Å². The smallest absolute Gasteiger partial charge is 0.251 e. The molecule has 0 aliphatic heterocycles. The fourth-order valence-corrected chi connectivity index (χ4v) is 2.56. The molecule has 1 aromatic heterocycles. The number of aryl methyl sites for hydroxylation is 1. The highest BCUT2D eigenvalue weighted by Crippen LogP contribution is 2.23. The number of rotatable bonds is 6. The van der Waals surface area contributed by atoms with Crippen LogP contribution in [0.4, 0.5) is 0 Å². The summed E-state index contributed by atoms with van der Waals surface area (Å²) in [6.07, 6.45) is 2.57.